The van der Waals surface area contributed by atoms with Crippen molar-refractivity contribution in [2.24, 2.45) is 5.41 Å². The summed E-state index contributed by atoms with van der Waals surface area (Å²) in [6.07, 6.45) is 2.61. The largest absolute Gasteiger partial charge is 0.396 e. The molecule has 8 heteroatoms. The van der Waals surface area contributed by atoms with Gasteiger partial charge in [0.2, 0.25) is 5.15 Å². The SMILES string of the molecule is CC(C)(CCCO)CNC(=O)c1ccnc(Cl)c1[N+](=O)[O-]. The molecular formula is C13H18ClN3O4. The zero-order valence-electron chi connectivity index (χ0n) is 11.9. The third-order valence-electron chi connectivity index (χ3n) is 3.05. The van der Waals surface area contributed by atoms with Crippen LogP contribution in [-0.4, -0.2) is 34.1 Å². The quantitative estimate of drug-likeness (QED) is 0.456. The van der Waals surface area contributed by atoms with Crippen LogP contribution in [-0.2, 0) is 0 Å². The van der Waals surface area contributed by atoms with Crippen molar-refractivity contribution in [3.05, 3.63) is 33.1 Å². The molecule has 0 aromatic carbocycles. The predicted molar refractivity (Wildman–Crippen MR) is 78.3 cm³/mol. The standard InChI is InChI=1S/C13H18ClN3O4/c1-13(2,5-3-7-18)8-16-12(19)9-4-6-15-11(14)10(9)17(20)21/h4,6,18H,3,5,7-8H2,1-2H3,(H,16,19). The molecule has 0 saturated heterocycles. The number of nitrogens with zero attached hydrogens (tertiary/aromatic N) is 2. The van der Waals surface area contributed by atoms with Crippen molar-refractivity contribution in [3.8, 4) is 0 Å². The Balaban J connectivity index is 2.82. The molecule has 1 heterocycles. The van der Waals surface area contributed by atoms with Crippen molar-refractivity contribution in [2.45, 2.75) is 26.7 Å². The van der Waals surface area contributed by atoms with Crippen LogP contribution in [0.3, 0.4) is 0 Å². The van der Waals surface area contributed by atoms with Crippen LogP contribution in [0.5, 0.6) is 0 Å². The van der Waals surface area contributed by atoms with Crippen molar-refractivity contribution in [3.63, 3.8) is 0 Å². The molecule has 0 aliphatic rings. The molecule has 0 aliphatic carbocycles. The monoisotopic (exact) mass is 315 g/mol. The lowest BCUT2D eigenvalue weighted by atomic mass is 9.88. The average Bonchev–Trinajstić information content (AvgIpc) is 2.42. The molecule has 0 unspecified atom stereocenters. The summed E-state index contributed by atoms with van der Waals surface area (Å²) in [6.45, 7) is 4.31. The highest BCUT2D eigenvalue weighted by Crippen LogP contribution is 2.26. The summed E-state index contributed by atoms with van der Waals surface area (Å²) in [7, 11) is 0. The van der Waals surface area contributed by atoms with E-state index < -0.39 is 16.5 Å². The van der Waals surface area contributed by atoms with E-state index >= 15 is 0 Å². The number of aromatic nitrogens is 1. The molecule has 0 radical (unpaired) electrons. The van der Waals surface area contributed by atoms with E-state index in [1.807, 2.05) is 13.8 Å². The van der Waals surface area contributed by atoms with Gasteiger partial charge in [0.25, 0.3) is 5.91 Å². The Hall–Kier alpha value is -1.73. The molecule has 1 rings (SSSR count). The third kappa shape index (κ3) is 4.95. The first-order valence-corrected chi connectivity index (χ1v) is 6.84. The highest BCUT2D eigenvalue weighted by molar-refractivity contribution is 6.32. The van der Waals surface area contributed by atoms with Crippen LogP contribution < -0.4 is 5.32 Å². The Kier molecular flexibility index (Phi) is 6.04. The van der Waals surface area contributed by atoms with Gasteiger partial charge in [0.1, 0.15) is 5.56 Å². The maximum absolute atomic E-state index is 12.1. The minimum atomic E-state index is -0.721. The molecular weight excluding hydrogens is 298 g/mol. The van der Waals surface area contributed by atoms with Crippen LogP contribution in [0.4, 0.5) is 5.69 Å². The number of nitro groups is 1. The number of rotatable bonds is 7. The van der Waals surface area contributed by atoms with Crippen LogP contribution in [0.2, 0.25) is 5.15 Å². The fourth-order valence-corrected chi connectivity index (χ4v) is 2.07. The average molecular weight is 316 g/mol. The van der Waals surface area contributed by atoms with E-state index in [4.69, 9.17) is 16.7 Å². The van der Waals surface area contributed by atoms with Gasteiger partial charge in [0.05, 0.1) is 4.92 Å². The van der Waals surface area contributed by atoms with Crippen molar-refractivity contribution < 1.29 is 14.8 Å². The second kappa shape index (κ2) is 7.33. The third-order valence-corrected chi connectivity index (χ3v) is 3.32. The minimum Gasteiger partial charge on any atom is -0.396 e. The maximum atomic E-state index is 12.1. The fraction of sp³-hybridized carbons (Fsp3) is 0.538. The maximum Gasteiger partial charge on any atom is 0.319 e. The Morgan fingerprint density at radius 1 is 1.57 bits per heavy atom. The normalized spacial score (nSPS) is 11.2. The van der Waals surface area contributed by atoms with E-state index in [1.54, 1.807) is 0 Å². The first kappa shape index (κ1) is 17.3. The summed E-state index contributed by atoms with van der Waals surface area (Å²) < 4.78 is 0. The number of carbonyl (C=O) groups is 1. The Morgan fingerprint density at radius 2 is 2.24 bits per heavy atom. The second-order valence-corrected chi connectivity index (χ2v) is 5.79. The highest BCUT2D eigenvalue weighted by Gasteiger charge is 2.26. The Morgan fingerprint density at radius 3 is 2.81 bits per heavy atom. The number of hydrogen-bond donors (Lipinski definition) is 2. The van der Waals surface area contributed by atoms with Crippen molar-refractivity contribution in [1.82, 2.24) is 10.3 Å². The van der Waals surface area contributed by atoms with Crippen LogP contribution >= 0.6 is 11.6 Å². The summed E-state index contributed by atoms with van der Waals surface area (Å²) in [5, 5.41) is 22.1. The van der Waals surface area contributed by atoms with Crippen molar-refractivity contribution >= 4 is 23.2 Å². The van der Waals surface area contributed by atoms with Crippen LogP contribution in [0, 0.1) is 15.5 Å². The second-order valence-electron chi connectivity index (χ2n) is 5.43. The summed E-state index contributed by atoms with van der Waals surface area (Å²) in [4.78, 5) is 25.9. The number of aliphatic hydroxyl groups excluding tert-OH is 1. The zero-order chi connectivity index (χ0) is 16.0. The molecule has 7 nitrogen and oxygen atoms in total. The number of pyridine rings is 1. The lowest BCUT2D eigenvalue weighted by molar-refractivity contribution is -0.385. The van der Waals surface area contributed by atoms with Crippen LogP contribution in [0.15, 0.2) is 12.3 Å². The molecule has 116 valence electrons. The van der Waals surface area contributed by atoms with Gasteiger partial charge in [0, 0.05) is 19.3 Å². The molecule has 0 fully saturated rings. The van der Waals surface area contributed by atoms with Gasteiger partial charge in [-0.3, -0.25) is 14.9 Å². The number of aliphatic hydroxyl groups is 1. The molecule has 0 bridgehead atoms. The van der Waals surface area contributed by atoms with Crippen molar-refractivity contribution in [1.29, 1.82) is 0 Å². The molecule has 21 heavy (non-hydrogen) atoms. The number of carbonyl (C=O) groups excluding carboxylic acids is 1. The number of nitrogens with one attached hydrogen (secondary N) is 1. The van der Waals surface area contributed by atoms with E-state index in [0.29, 0.717) is 13.0 Å². The van der Waals surface area contributed by atoms with Crippen molar-refractivity contribution in [2.75, 3.05) is 13.2 Å². The summed E-state index contributed by atoms with van der Waals surface area (Å²) in [5.41, 5.74) is -0.827. The van der Waals surface area contributed by atoms with Crippen LogP contribution in [0.25, 0.3) is 0 Å². The van der Waals surface area contributed by atoms with Gasteiger partial charge in [-0.25, -0.2) is 4.98 Å². The van der Waals surface area contributed by atoms with Gasteiger partial charge >= 0.3 is 5.69 Å². The minimum absolute atomic E-state index is 0.0861. The van der Waals surface area contributed by atoms with Gasteiger partial charge in [-0.2, -0.15) is 0 Å². The van der Waals surface area contributed by atoms with E-state index in [1.165, 1.54) is 12.3 Å². The topological polar surface area (TPSA) is 105 Å². The summed E-state index contributed by atoms with van der Waals surface area (Å²) >= 11 is 5.67. The lowest BCUT2D eigenvalue weighted by Crippen LogP contribution is -2.34. The molecule has 0 saturated carbocycles. The first-order valence-electron chi connectivity index (χ1n) is 6.46. The number of amides is 1. The first-order chi connectivity index (χ1) is 9.78. The van der Waals surface area contributed by atoms with Crippen LogP contribution in [0.1, 0.15) is 37.0 Å². The molecule has 0 spiro atoms. The fourth-order valence-electron chi connectivity index (χ4n) is 1.85. The molecule has 1 aromatic heterocycles. The predicted octanol–water partition coefficient (Wildman–Crippen LogP) is 2.17. The van der Waals surface area contributed by atoms with E-state index in [-0.39, 0.29) is 22.7 Å². The van der Waals surface area contributed by atoms with E-state index in [0.717, 1.165) is 6.42 Å². The Bertz CT molecular complexity index is 534. The molecule has 0 atom stereocenters. The van der Waals surface area contributed by atoms with Gasteiger partial charge in [-0.1, -0.05) is 25.4 Å². The highest BCUT2D eigenvalue weighted by atomic mass is 35.5. The zero-order valence-corrected chi connectivity index (χ0v) is 12.7. The summed E-state index contributed by atoms with van der Waals surface area (Å²) in [5.74, 6) is -0.567. The smallest absolute Gasteiger partial charge is 0.319 e. The number of hydrogen-bond acceptors (Lipinski definition) is 5. The molecule has 2 N–H and O–H groups in total. The van der Waals surface area contributed by atoms with Gasteiger partial charge in [-0.15, -0.1) is 0 Å². The van der Waals surface area contributed by atoms with Gasteiger partial charge in [0.15, 0.2) is 0 Å². The van der Waals surface area contributed by atoms with E-state index in [9.17, 15) is 14.9 Å². The molecule has 1 aromatic rings. The number of halogens is 1. The molecule has 0 aliphatic heterocycles. The summed E-state index contributed by atoms with van der Waals surface area (Å²) in [6, 6.07) is 1.26. The van der Waals surface area contributed by atoms with Gasteiger partial charge < -0.3 is 10.4 Å². The Labute approximate surface area is 127 Å². The molecule has 1 amide bonds. The lowest BCUT2D eigenvalue weighted by Gasteiger charge is -2.24. The van der Waals surface area contributed by atoms with E-state index in [2.05, 4.69) is 10.3 Å². The van der Waals surface area contributed by atoms with Gasteiger partial charge in [-0.05, 0) is 24.3 Å².